The average Bonchev–Trinajstić information content (AvgIpc) is 2.43. The maximum Gasteiger partial charge on any atom is 0.410 e. The quantitative estimate of drug-likeness (QED) is 0.742. The van der Waals surface area contributed by atoms with Crippen molar-refractivity contribution in [3.63, 3.8) is 0 Å². The standard InChI is InChI=1S/C14H22BrN5O3/c1-9-11(15)18-20(22)12(16-9)17-10-6-5-7-19(8-10)13(21)23-14(2,3)4/h10,22H,5-8H2,1-4H3/t10-/m1/s1. The Kier molecular flexibility index (Phi) is 5.28. The van der Waals surface area contributed by atoms with Crippen LogP contribution in [-0.4, -0.2) is 55.9 Å². The first-order valence-electron chi connectivity index (χ1n) is 7.50. The number of hydrogen-bond donors (Lipinski definition) is 1. The largest absolute Gasteiger partial charge is 0.444 e. The summed E-state index contributed by atoms with van der Waals surface area (Å²) in [7, 11) is 0. The van der Waals surface area contributed by atoms with E-state index in [2.05, 4.69) is 31.0 Å². The lowest BCUT2D eigenvalue weighted by Crippen LogP contribution is -2.45. The van der Waals surface area contributed by atoms with Crippen molar-refractivity contribution in [3.8, 4) is 0 Å². The fourth-order valence-corrected chi connectivity index (χ4v) is 2.48. The number of amides is 1. The Morgan fingerprint density at radius 1 is 1.48 bits per heavy atom. The molecule has 0 spiro atoms. The summed E-state index contributed by atoms with van der Waals surface area (Å²) in [5.41, 5.74) is 0.236. The minimum Gasteiger partial charge on any atom is -0.444 e. The zero-order valence-electron chi connectivity index (χ0n) is 13.8. The van der Waals surface area contributed by atoms with Gasteiger partial charge < -0.3 is 14.8 Å². The molecule has 1 amide bonds. The fourth-order valence-electron chi connectivity index (χ4n) is 2.24. The first kappa shape index (κ1) is 17.7. The Balaban J connectivity index is 2.14. The fraction of sp³-hybridized carbons (Fsp3) is 0.714. The molecule has 2 heterocycles. The van der Waals surface area contributed by atoms with Crippen LogP contribution in [0.3, 0.4) is 0 Å². The van der Waals surface area contributed by atoms with Gasteiger partial charge in [-0.05, 0) is 56.5 Å². The number of aromatic nitrogens is 3. The third kappa shape index (κ3) is 4.92. The van der Waals surface area contributed by atoms with Gasteiger partial charge in [-0.25, -0.2) is 14.8 Å². The van der Waals surface area contributed by atoms with Crippen LogP contribution in [0.2, 0.25) is 0 Å². The summed E-state index contributed by atoms with van der Waals surface area (Å²) in [6.45, 7) is 8.36. The van der Waals surface area contributed by atoms with E-state index in [0.29, 0.717) is 28.2 Å². The van der Waals surface area contributed by atoms with Crippen molar-refractivity contribution in [2.45, 2.75) is 52.2 Å². The average molecular weight is 388 g/mol. The molecule has 9 heteroatoms. The number of halogens is 1. The number of likely N-dealkylation sites (tertiary alicyclic amines) is 1. The molecule has 0 aromatic carbocycles. The maximum atomic E-state index is 12.2. The molecule has 0 bridgehead atoms. The number of piperidine rings is 1. The van der Waals surface area contributed by atoms with E-state index >= 15 is 0 Å². The smallest absolute Gasteiger partial charge is 0.410 e. The van der Waals surface area contributed by atoms with Crippen molar-refractivity contribution in [3.05, 3.63) is 15.9 Å². The van der Waals surface area contributed by atoms with Gasteiger partial charge in [0.25, 0.3) is 5.62 Å². The molecule has 1 aliphatic rings. The SMILES string of the molecule is Cc1nc(=N[C@@H]2CCCN(C(=O)OC(C)(C)C)C2)n(O)nc1Br. The molecule has 1 aromatic rings. The predicted octanol–water partition coefficient (Wildman–Crippen LogP) is 1.89. The van der Waals surface area contributed by atoms with Crippen LogP contribution in [0.15, 0.2) is 9.60 Å². The van der Waals surface area contributed by atoms with Crippen molar-refractivity contribution in [1.82, 2.24) is 19.8 Å². The molecule has 1 N–H and O–H groups in total. The number of hydrogen-bond acceptors (Lipinski definition) is 6. The zero-order chi connectivity index (χ0) is 17.2. The van der Waals surface area contributed by atoms with Crippen LogP contribution in [0.1, 0.15) is 39.3 Å². The van der Waals surface area contributed by atoms with E-state index in [4.69, 9.17) is 4.74 Å². The second-order valence-corrected chi connectivity index (χ2v) is 7.28. The maximum absolute atomic E-state index is 12.2. The number of carbonyl (C=O) groups excluding carboxylic acids is 1. The van der Waals surface area contributed by atoms with Gasteiger partial charge in [-0.3, -0.25) is 0 Å². The van der Waals surface area contributed by atoms with Crippen LogP contribution in [-0.2, 0) is 4.74 Å². The van der Waals surface area contributed by atoms with Crippen LogP contribution >= 0.6 is 15.9 Å². The molecule has 23 heavy (non-hydrogen) atoms. The van der Waals surface area contributed by atoms with Gasteiger partial charge >= 0.3 is 6.09 Å². The highest BCUT2D eigenvalue weighted by Gasteiger charge is 2.27. The molecule has 8 nitrogen and oxygen atoms in total. The molecule has 1 atom stereocenters. The molecule has 0 radical (unpaired) electrons. The Labute approximate surface area is 143 Å². The first-order valence-corrected chi connectivity index (χ1v) is 8.29. The van der Waals surface area contributed by atoms with Crippen LogP contribution in [0, 0.1) is 6.92 Å². The number of ether oxygens (including phenoxy) is 1. The summed E-state index contributed by atoms with van der Waals surface area (Å²) in [6, 6.07) is -0.149. The van der Waals surface area contributed by atoms with Crippen LogP contribution in [0.25, 0.3) is 0 Å². The van der Waals surface area contributed by atoms with E-state index in [0.717, 1.165) is 12.8 Å². The Morgan fingerprint density at radius 2 is 2.17 bits per heavy atom. The van der Waals surface area contributed by atoms with E-state index in [9.17, 15) is 10.0 Å². The van der Waals surface area contributed by atoms with Gasteiger partial charge in [-0.1, -0.05) is 4.85 Å². The number of carbonyl (C=O) groups is 1. The van der Waals surface area contributed by atoms with Crippen molar-refractivity contribution in [2.24, 2.45) is 4.99 Å². The third-order valence-corrected chi connectivity index (χ3v) is 4.01. The highest BCUT2D eigenvalue weighted by atomic mass is 79.9. The van der Waals surface area contributed by atoms with E-state index in [1.165, 1.54) is 0 Å². The Morgan fingerprint density at radius 3 is 2.83 bits per heavy atom. The Hall–Kier alpha value is -1.64. The van der Waals surface area contributed by atoms with E-state index in [1.807, 2.05) is 20.8 Å². The van der Waals surface area contributed by atoms with Crippen molar-refractivity contribution in [2.75, 3.05) is 13.1 Å². The first-order chi connectivity index (χ1) is 10.7. The van der Waals surface area contributed by atoms with Crippen molar-refractivity contribution >= 4 is 22.0 Å². The second-order valence-electron chi connectivity index (χ2n) is 6.53. The Bertz CT molecular complexity index is 653. The minimum atomic E-state index is -0.524. The van der Waals surface area contributed by atoms with E-state index < -0.39 is 5.60 Å². The molecule has 1 fully saturated rings. The van der Waals surface area contributed by atoms with Crippen LogP contribution in [0.4, 0.5) is 4.79 Å². The monoisotopic (exact) mass is 387 g/mol. The number of nitrogens with zero attached hydrogens (tertiary/aromatic N) is 5. The lowest BCUT2D eigenvalue weighted by Gasteiger charge is -2.32. The molecular weight excluding hydrogens is 366 g/mol. The second kappa shape index (κ2) is 6.86. The van der Waals surface area contributed by atoms with Gasteiger partial charge in [-0.2, -0.15) is 0 Å². The molecule has 0 unspecified atom stereocenters. The molecule has 1 saturated heterocycles. The summed E-state index contributed by atoms with van der Waals surface area (Å²) in [4.78, 5) is 23.1. The van der Waals surface area contributed by atoms with Crippen molar-refractivity contribution in [1.29, 1.82) is 0 Å². The summed E-state index contributed by atoms with van der Waals surface area (Å²) in [6.07, 6.45) is 1.30. The van der Waals surface area contributed by atoms with Gasteiger partial charge in [0.2, 0.25) is 0 Å². The summed E-state index contributed by atoms with van der Waals surface area (Å²) in [5.74, 6) is 0. The highest BCUT2D eigenvalue weighted by Crippen LogP contribution is 2.16. The van der Waals surface area contributed by atoms with Gasteiger partial charge in [0.15, 0.2) is 4.60 Å². The topological polar surface area (TPSA) is 92.8 Å². The van der Waals surface area contributed by atoms with E-state index in [-0.39, 0.29) is 17.8 Å². The van der Waals surface area contributed by atoms with Gasteiger partial charge in [0.1, 0.15) is 5.60 Å². The highest BCUT2D eigenvalue weighted by molar-refractivity contribution is 9.10. The molecule has 128 valence electrons. The molecular formula is C14H22BrN5O3. The molecule has 2 rings (SSSR count). The minimum absolute atomic E-state index is 0.127. The van der Waals surface area contributed by atoms with Crippen molar-refractivity contribution < 1.29 is 14.7 Å². The molecule has 1 aliphatic heterocycles. The lowest BCUT2D eigenvalue weighted by molar-refractivity contribution is 0.0198. The van der Waals surface area contributed by atoms with E-state index in [1.54, 1.807) is 11.8 Å². The van der Waals surface area contributed by atoms with Gasteiger partial charge in [0, 0.05) is 13.1 Å². The van der Waals surface area contributed by atoms with Crippen LogP contribution in [0.5, 0.6) is 0 Å². The van der Waals surface area contributed by atoms with Gasteiger partial charge in [-0.15, -0.1) is 5.10 Å². The normalized spacial score (nSPS) is 19.8. The lowest BCUT2D eigenvalue weighted by atomic mass is 10.1. The number of aryl methyl sites for hydroxylation is 1. The third-order valence-electron chi connectivity index (χ3n) is 3.27. The molecule has 0 saturated carbocycles. The predicted molar refractivity (Wildman–Crippen MR) is 86.0 cm³/mol. The molecule has 1 aromatic heterocycles. The molecule has 0 aliphatic carbocycles. The summed E-state index contributed by atoms with van der Waals surface area (Å²) in [5, 5.41) is 13.7. The van der Waals surface area contributed by atoms with Crippen LogP contribution < -0.4 is 5.62 Å². The summed E-state index contributed by atoms with van der Waals surface area (Å²) < 4.78 is 5.85. The van der Waals surface area contributed by atoms with Gasteiger partial charge in [0.05, 0.1) is 11.7 Å². The zero-order valence-corrected chi connectivity index (χ0v) is 15.4. The number of rotatable bonds is 1. The summed E-state index contributed by atoms with van der Waals surface area (Å²) >= 11 is 3.20.